The maximum absolute atomic E-state index is 12.9. The highest BCUT2D eigenvalue weighted by molar-refractivity contribution is 7.99. The van der Waals surface area contributed by atoms with Crippen molar-refractivity contribution in [3.05, 3.63) is 59.9 Å². The molecule has 0 aliphatic heterocycles. The van der Waals surface area contributed by atoms with Crippen molar-refractivity contribution in [3.63, 3.8) is 0 Å². The molecule has 2 aromatic rings. The van der Waals surface area contributed by atoms with Gasteiger partial charge in [0.05, 0.1) is 7.11 Å². The summed E-state index contributed by atoms with van der Waals surface area (Å²) < 4.78 is 18.1. The lowest BCUT2D eigenvalue weighted by Gasteiger charge is -2.16. The van der Waals surface area contributed by atoms with Crippen LogP contribution in [0.5, 0.6) is 5.75 Å². The zero-order chi connectivity index (χ0) is 15.1. The average Bonchev–Trinajstić information content (AvgIpc) is 2.53. The van der Waals surface area contributed by atoms with Crippen molar-refractivity contribution >= 4 is 11.8 Å². The van der Waals surface area contributed by atoms with E-state index in [1.807, 2.05) is 31.3 Å². The molecule has 0 aliphatic rings. The van der Waals surface area contributed by atoms with E-state index in [0.717, 1.165) is 22.8 Å². The molecule has 21 heavy (non-hydrogen) atoms. The zero-order valence-electron chi connectivity index (χ0n) is 12.3. The van der Waals surface area contributed by atoms with Crippen LogP contribution in [0.4, 0.5) is 4.39 Å². The van der Waals surface area contributed by atoms with Crippen molar-refractivity contribution in [1.29, 1.82) is 0 Å². The summed E-state index contributed by atoms with van der Waals surface area (Å²) in [6.07, 6.45) is 0.932. The SMILES string of the molecule is CNC(CSc1ccc(F)cc1)Cc1cccc(OC)c1. The smallest absolute Gasteiger partial charge is 0.123 e. The first-order valence-electron chi connectivity index (χ1n) is 6.90. The van der Waals surface area contributed by atoms with Crippen molar-refractivity contribution in [3.8, 4) is 5.75 Å². The van der Waals surface area contributed by atoms with Crippen molar-refractivity contribution in [2.24, 2.45) is 0 Å². The topological polar surface area (TPSA) is 21.3 Å². The minimum Gasteiger partial charge on any atom is -0.497 e. The Morgan fingerprint density at radius 3 is 2.62 bits per heavy atom. The maximum Gasteiger partial charge on any atom is 0.123 e. The van der Waals surface area contributed by atoms with Gasteiger partial charge in [0.2, 0.25) is 0 Å². The molecule has 0 amide bonds. The van der Waals surface area contributed by atoms with Gasteiger partial charge in [-0.2, -0.15) is 0 Å². The largest absolute Gasteiger partial charge is 0.497 e. The lowest BCUT2D eigenvalue weighted by molar-refractivity contribution is 0.414. The molecule has 0 heterocycles. The van der Waals surface area contributed by atoms with Gasteiger partial charge in [0.25, 0.3) is 0 Å². The van der Waals surface area contributed by atoms with Crippen molar-refractivity contribution in [1.82, 2.24) is 5.32 Å². The summed E-state index contributed by atoms with van der Waals surface area (Å²) in [5, 5.41) is 3.33. The number of thioether (sulfide) groups is 1. The van der Waals surface area contributed by atoms with E-state index in [2.05, 4.69) is 17.4 Å². The fraction of sp³-hybridized carbons (Fsp3) is 0.294. The van der Waals surface area contributed by atoms with Gasteiger partial charge in [-0.3, -0.25) is 0 Å². The first-order valence-corrected chi connectivity index (χ1v) is 7.88. The highest BCUT2D eigenvalue weighted by Crippen LogP contribution is 2.21. The molecule has 0 radical (unpaired) electrons. The predicted molar refractivity (Wildman–Crippen MR) is 86.7 cm³/mol. The van der Waals surface area contributed by atoms with Crippen LogP contribution in [-0.2, 0) is 6.42 Å². The highest BCUT2D eigenvalue weighted by atomic mass is 32.2. The summed E-state index contributed by atoms with van der Waals surface area (Å²) in [7, 11) is 3.65. The van der Waals surface area contributed by atoms with Crippen LogP contribution in [0.1, 0.15) is 5.56 Å². The van der Waals surface area contributed by atoms with Crippen LogP contribution < -0.4 is 10.1 Å². The highest BCUT2D eigenvalue weighted by Gasteiger charge is 2.09. The zero-order valence-corrected chi connectivity index (χ0v) is 13.1. The molecule has 0 saturated heterocycles. The molecule has 0 fully saturated rings. The standard InChI is InChI=1S/C17H20FNOS/c1-19-15(10-13-4-3-5-16(11-13)20-2)12-21-17-8-6-14(18)7-9-17/h3-9,11,15,19H,10,12H2,1-2H3. The summed E-state index contributed by atoms with van der Waals surface area (Å²) in [5.41, 5.74) is 1.24. The Labute approximate surface area is 129 Å². The van der Waals surface area contributed by atoms with Gasteiger partial charge in [0.1, 0.15) is 11.6 Å². The Kier molecular flexibility index (Phi) is 6.08. The molecule has 2 nitrogen and oxygen atoms in total. The maximum atomic E-state index is 12.9. The van der Waals surface area contributed by atoms with Gasteiger partial charge in [-0.05, 0) is 55.4 Å². The Morgan fingerprint density at radius 2 is 1.95 bits per heavy atom. The van der Waals surface area contributed by atoms with E-state index >= 15 is 0 Å². The Morgan fingerprint density at radius 1 is 1.19 bits per heavy atom. The second-order valence-electron chi connectivity index (χ2n) is 4.81. The number of halogens is 1. The van der Waals surface area contributed by atoms with Gasteiger partial charge < -0.3 is 10.1 Å². The Balaban J connectivity index is 1.91. The number of hydrogen-bond donors (Lipinski definition) is 1. The number of ether oxygens (including phenoxy) is 1. The Hall–Kier alpha value is -1.52. The van der Waals surface area contributed by atoms with E-state index in [9.17, 15) is 4.39 Å². The summed E-state index contributed by atoms with van der Waals surface area (Å²) in [6.45, 7) is 0. The monoisotopic (exact) mass is 305 g/mol. The van der Waals surface area contributed by atoms with E-state index < -0.39 is 0 Å². The molecule has 0 aromatic heterocycles. The number of methoxy groups -OCH3 is 1. The second kappa shape index (κ2) is 8.05. The van der Waals surface area contributed by atoms with Crippen molar-refractivity contribution in [2.45, 2.75) is 17.4 Å². The molecular weight excluding hydrogens is 285 g/mol. The molecule has 1 atom stereocenters. The van der Waals surface area contributed by atoms with Crippen LogP contribution in [0.2, 0.25) is 0 Å². The van der Waals surface area contributed by atoms with Crippen LogP contribution in [0.3, 0.4) is 0 Å². The van der Waals surface area contributed by atoms with E-state index in [1.165, 1.54) is 17.7 Å². The number of hydrogen-bond acceptors (Lipinski definition) is 3. The third kappa shape index (κ3) is 5.06. The fourth-order valence-electron chi connectivity index (χ4n) is 2.06. The number of benzene rings is 2. The summed E-state index contributed by atoms with van der Waals surface area (Å²) >= 11 is 1.73. The van der Waals surface area contributed by atoms with Crippen LogP contribution in [0.15, 0.2) is 53.4 Å². The lowest BCUT2D eigenvalue weighted by atomic mass is 10.1. The van der Waals surface area contributed by atoms with Crippen LogP contribution >= 0.6 is 11.8 Å². The van der Waals surface area contributed by atoms with Gasteiger partial charge in [-0.1, -0.05) is 12.1 Å². The summed E-state index contributed by atoms with van der Waals surface area (Å²) in [6, 6.07) is 15.1. The van der Waals surface area contributed by atoms with Gasteiger partial charge in [0.15, 0.2) is 0 Å². The summed E-state index contributed by atoms with van der Waals surface area (Å²) in [4.78, 5) is 1.09. The molecule has 0 spiro atoms. The number of nitrogens with one attached hydrogen (secondary N) is 1. The van der Waals surface area contributed by atoms with Gasteiger partial charge in [0, 0.05) is 16.7 Å². The quantitative estimate of drug-likeness (QED) is 0.787. The molecule has 112 valence electrons. The minimum absolute atomic E-state index is 0.194. The van der Waals surface area contributed by atoms with Crippen LogP contribution in [0.25, 0.3) is 0 Å². The molecule has 0 aliphatic carbocycles. The first-order chi connectivity index (χ1) is 10.2. The second-order valence-corrected chi connectivity index (χ2v) is 5.90. The molecule has 0 saturated carbocycles. The molecule has 1 unspecified atom stereocenters. The lowest BCUT2D eigenvalue weighted by Crippen LogP contribution is -2.30. The van der Waals surface area contributed by atoms with Crippen molar-refractivity contribution in [2.75, 3.05) is 19.9 Å². The molecule has 4 heteroatoms. The first kappa shape index (κ1) is 15.9. The van der Waals surface area contributed by atoms with Crippen LogP contribution in [-0.4, -0.2) is 26.0 Å². The third-order valence-corrected chi connectivity index (χ3v) is 4.46. The van der Waals surface area contributed by atoms with Crippen molar-refractivity contribution < 1.29 is 9.13 Å². The molecule has 2 rings (SSSR count). The van der Waals surface area contributed by atoms with Gasteiger partial charge in [-0.15, -0.1) is 11.8 Å². The summed E-state index contributed by atoms with van der Waals surface area (Å²) in [5.74, 6) is 1.62. The van der Waals surface area contributed by atoms with E-state index in [1.54, 1.807) is 18.9 Å². The van der Waals surface area contributed by atoms with E-state index in [0.29, 0.717) is 6.04 Å². The number of likely N-dealkylation sites (N-methyl/N-ethyl adjacent to an activating group) is 1. The fourth-order valence-corrected chi connectivity index (χ4v) is 3.06. The van der Waals surface area contributed by atoms with E-state index in [-0.39, 0.29) is 5.82 Å². The number of rotatable bonds is 7. The average molecular weight is 305 g/mol. The molecule has 2 aromatic carbocycles. The predicted octanol–water partition coefficient (Wildman–Crippen LogP) is 3.76. The molecule has 0 bridgehead atoms. The third-order valence-electron chi connectivity index (χ3n) is 3.29. The Bertz CT molecular complexity index is 559. The molecular formula is C17H20FNOS. The van der Waals surface area contributed by atoms with Gasteiger partial charge in [-0.25, -0.2) is 4.39 Å². The van der Waals surface area contributed by atoms with Gasteiger partial charge >= 0.3 is 0 Å². The normalized spacial score (nSPS) is 12.1. The van der Waals surface area contributed by atoms with Crippen LogP contribution in [0, 0.1) is 5.82 Å². The van der Waals surface area contributed by atoms with E-state index in [4.69, 9.17) is 4.74 Å². The molecule has 1 N–H and O–H groups in total. The minimum atomic E-state index is -0.194.